The number of thiophene rings is 1. The molecule has 0 saturated carbocycles. The summed E-state index contributed by atoms with van der Waals surface area (Å²) in [6.07, 6.45) is 1.04. The van der Waals surface area contributed by atoms with Crippen LogP contribution in [0.4, 0.5) is 5.95 Å². The van der Waals surface area contributed by atoms with Crippen molar-refractivity contribution in [2.75, 3.05) is 11.9 Å². The van der Waals surface area contributed by atoms with Gasteiger partial charge in [0, 0.05) is 20.1 Å². The van der Waals surface area contributed by atoms with Crippen LogP contribution in [0.3, 0.4) is 0 Å². The normalized spacial score (nSPS) is 10.8. The average molecular weight is 347 g/mol. The summed E-state index contributed by atoms with van der Waals surface area (Å²) >= 11 is 10.4. The summed E-state index contributed by atoms with van der Waals surface area (Å²) in [6, 6.07) is 2.13. The topological polar surface area (TPSA) is 36.9 Å². The van der Waals surface area contributed by atoms with Gasteiger partial charge in [-0.05, 0) is 51.6 Å². The standard InChI is InChI=1S/C11H15BrN4S2/c1-3-4-16-10(13-14-11(16)17)15(2)6-8-5-9(12)18-7-8/h5,7H,3-4,6H2,1-2H3,(H,14,17). The Labute approximate surface area is 124 Å². The minimum atomic E-state index is 0.685. The predicted octanol–water partition coefficient (Wildman–Crippen LogP) is 3.81. The van der Waals surface area contributed by atoms with Gasteiger partial charge in [-0.3, -0.25) is 4.57 Å². The van der Waals surface area contributed by atoms with Gasteiger partial charge < -0.3 is 4.90 Å². The Bertz CT molecular complexity index is 572. The molecule has 0 aliphatic heterocycles. The molecule has 18 heavy (non-hydrogen) atoms. The molecule has 7 heteroatoms. The third-order valence-corrected chi connectivity index (χ3v) is 4.43. The van der Waals surface area contributed by atoms with Crippen LogP contribution in [0.5, 0.6) is 0 Å². The number of halogens is 1. The SMILES string of the molecule is CCCn1c(N(C)Cc2csc(Br)c2)n[nH]c1=S. The van der Waals surface area contributed by atoms with Gasteiger partial charge in [0.05, 0.1) is 3.79 Å². The quantitative estimate of drug-likeness (QED) is 0.836. The Kier molecular flexibility index (Phi) is 4.58. The van der Waals surface area contributed by atoms with Gasteiger partial charge in [-0.15, -0.1) is 16.4 Å². The number of nitrogens with zero attached hydrogens (tertiary/aromatic N) is 3. The Morgan fingerprint density at radius 3 is 3.00 bits per heavy atom. The number of H-pyrrole nitrogens is 1. The van der Waals surface area contributed by atoms with Crippen molar-refractivity contribution in [1.82, 2.24) is 14.8 Å². The molecule has 0 saturated heterocycles. The summed E-state index contributed by atoms with van der Waals surface area (Å²) in [6.45, 7) is 3.85. The molecule has 0 aliphatic rings. The van der Waals surface area contributed by atoms with Crippen molar-refractivity contribution < 1.29 is 0 Å². The molecular formula is C11H15BrN4S2. The molecule has 0 fully saturated rings. The lowest BCUT2D eigenvalue weighted by molar-refractivity contribution is 0.654. The monoisotopic (exact) mass is 346 g/mol. The van der Waals surface area contributed by atoms with Crippen LogP contribution in [0, 0.1) is 4.77 Å². The molecule has 4 nitrogen and oxygen atoms in total. The largest absolute Gasteiger partial charge is 0.340 e. The number of hydrogen-bond acceptors (Lipinski definition) is 4. The van der Waals surface area contributed by atoms with E-state index >= 15 is 0 Å². The van der Waals surface area contributed by atoms with Gasteiger partial charge in [-0.25, -0.2) is 5.10 Å². The Balaban J connectivity index is 2.18. The zero-order valence-electron chi connectivity index (χ0n) is 10.3. The first-order valence-corrected chi connectivity index (χ1v) is 7.79. The van der Waals surface area contributed by atoms with Gasteiger partial charge in [0.25, 0.3) is 0 Å². The van der Waals surface area contributed by atoms with Crippen LogP contribution in [-0.4, -0.2) is 21.8 Å². The van der Waals surface area contributed by atoms with Crippen LogP contribution >= 0.6 is 39.5 Å². The van der Waals surface area contributed by atoms with Gasteiger partial charge in [0.1, 0.15) is 0 Å². The first kappa shape index (κ1) is 13.8. The summed E-state index contributed by atoms with van der Waals surface area (Å²) in [5, 5.41) is 9.31. The van der Waals surface area contributed by atoms with E-state index in [4.69, 9.17) is 12.2 Å². The predicted molar refractivity (Wildman–Crippen MR) is 81.8 cm³/mol. The van der Waals surface area contributed by atoms with Crippen LogP contribution in [-0.2, 0) is 13.1 Å². The van der Waals surface area contributed by atoms with E-state index in [2.05, 4.69) is 49.4 Å². The fourth-order valence-corrected chi connectivity index (χ4v) is 3.22. The maximum Gasteiger partial charge on any atom is 0.225 e. The Morgan fingerprint density at radius 1 is 1.61 bits per heavy atom. The molecule has 0 spiro atoms. The van der Waals surface area contributed by atoms with Crippen LogP contribution in [0.25, 0.3) is 0 Å². The lowest BCUT2D eigenvalue weighted by Crippen LogP contribution is -2.20. The molecule has 2 aromatic heterocycles. The van der Waals surface area contributed by atoms with Crippen molar-refractivity contribution in [3.63, 3.8) is 0 Å². The van der Waals surface area contributed by atoms with Crippen LogP contribution in [0.1, 0.15) is 18.9 Å². The van der Waals surface area contributed by atoms with Crippen LogP contribution in [0.15, 0.2) is 15.2 Å². The molecule has 2 aromatic rings. The minimum absolute atomic E-state index is 0.685. The van der Waals surface area contributed by atoms with E-state index in [1.165, 1.54) is 5.56 Å². The summed E-state index contributed by atoms with van der Waals surface area (Å²) < 4.78 is 3.88. The zero-order chi connectivity index (χ0) is 13.1. The lowest BCUT2D eigenvalue weighted by atomic mass is 10.3. The molecular weight excluding hydrogens is 332 g/mol. The molecule has 98 valence electrons. The molecule has 0 unspecified atom stereocenters. The van der Waals surface area contributed by atoms with E-state index in [1.807, 2.05) is 11.6 Å². The minimum Gasteiger partial charge on any atom is -0.340 e. The highest BCUT2D eigenvalue weighted by molar-refractivity contribution is 9.11. The second kappa shape index (κ2) is 5.99. The van der Waals surface area contributed by atoms with Crippen molar-refractivity contribution in [3.05, 3.63) is 25.6 Å². The summed E-state index contributed by atoms with van der Waals surface area (Å²) in [5.41, 5.74) is 1.27. The van der Waals surface area contributed by atoms with E-state index < -0.39 is 0 Å². The maximum atomic E-state index is 5.24. The fraction of sp³-hybridized carbons (Fsp3) is 0.455. The first-order chi connectivity index (χ1) is 8.61. The molecule has 2 heterocycles. The highest BCUT2D eigenvalue weighted by Crippen LogP contribution is 2.22. The van der Waals surface area contributed by atoms with E-state index in [1.54, 1.807) is 11.3 Å². The van der Waals surface area contributed by atoms with Crippen LogP contribution in [0.2, 0.25) is 0 Å². The maximum absolute atomic E-state index is 5.24. The smallest absolute Gasteiger partial charge is 0.225 e. The number of hydrogen-bond donors (Lipinski definition) is 1. The Hall–Kier alpha value is -0.660. The van der Waals surface area contributed by atoms with E-state index in [9.17, 15) is 0 Å². The van der Waals surface area contributed by atoms with Gasteiger partial charge in [-0.1, -0.05) is 6.92 Å². The number of rotatable bonds is 5. The van der Waals surface area contributed by atoms with Gasteiger partial charge >= 0.3 is 0 Å². The third-order valence-electron chi connectivity index (χ3n) is 2.57. The average Bonchev–Trinajstić information content (AvgIpc) is 2.88. The van der Waals surface area contributed by atoms with Crippen molar-refractivity contribution >= 4 is 45.4 Å². The number of aromatic nitrogens is 3. The molecule has 0 aliphatic carbocycles. The van der Waals surface area contributed by atoms with Crippen molar-refractivity contribution in [2.45, 2.75) is 26.4 Å². The van der Waals surface area contributed by atoms with Crippen molar-refractivity contribution in [2.24, 2.45) is 0 Å². The number of aromatic amines is 1. The summed E-state index contributed by atoms with van der Waals surface area (Å²) in [7, 11) is 2.03. The molecule has 0 aromatic carbocycles. The number of nitrogens with one attached hydrogen (secondary N) is 1. The molecule has 0 bridgehead atoms. The highest BCUT2D eigenvalue weighted by atomic mass is 79.9. The van der Waals surface area contributed by atoms with Gasteiger partial charge in [0.2, 0.25) is 5.95 Å². The van der Waals surface area contributed by atoms with E-state index in [0.717, 1.165) is 29.2 Å². The molecule has 0 radical (unpaired) electrons. The first-order valence-electron chi connectivity index (χ1n) is 5.71. The van der Waals surface area contributed by atoms with Gasteiger partial charge in [0.15, 0.2) is 4.77 Å². The molecule has 0 amide bonds. The van der Waals surface area contributed by atoms with Crippen LogP contribution < -0.4 is 4.90 Å². The van der Waals surface area contributed by atoms with Gasteiger partial charge in [-0.2, -0.15) is 0 Å². The van der Waals surface area contributed by atoms with E-state index in [0.29, 0.717) is 4.77 Å². The molecule has 1 N–H and O–H groups in total. The van der Waals surface area contributed by atoms with Crippen molar-refractivity contribution in [3.8, 4) is 0 Å². The second-order valence-corrected chi connectivity index (χ2v) is 6.77. The lowest BCUT2D eigenvalue weighted by Gasteiger charge is -2.17. The summed E-state index contributed by atoms with van der Waals surface area (Å²) in [5.74, 6) is 0.893. The number of anilines is 1. The summed E-state index contributed by atoms with van der Waals surface area (Å²) in [4.78, 5) is 2.11. The Morgan fingerprint density at radius 2 is 2.39 bits per heavy atom. The third kappa shape index (κ3) is 3.02. The molecule has 2 rings (SSSR count). The van der Waals surface area contributed by atoms with E-state index in [-0.39, 0.29) is 0 Å². The molecule has 0 atom stereocenters. The van der Waals surface area contributed by atoms with Crippen molar-refractivity contribution in [1.29, 1.82) is 0 Å². The second-order valence-electron chi connectivity index (χ2n) is 4.10. The zero-order valence-corrected chi connectivity index (χ0v) is 13.5. The highest BCUT2D eigenvalue weighted by Gasteiger charge is 2.11. The fourth-order valence-electron chi connectivity index (χ4n) is 1.80.